The Kier molecular flexibility index (Phi) is 2.08. The van der Waals surface area contributed by atoms with Crippen LogP contribution in [-0.4, -0.2) is 14.4 Å². The van der Waals surface area contributed by atoms with Gasteiger partial charge in [0.1, 0.15) is 11.5 Å². The predicted octanol–water partition coefficient (Wildman–Crippen LogP) is 2.29. The number of fused-ring (bicyclic) bond motifs is 1. The van der Waals surface area contributed by atoms with Crippen LogP contribution in [0, 0.1) is 6.92 Å². The average Bonchev–Trinajstić information content (AvgIpc) is 2.69. The second kappa shape index (κ2) is 3.59. The number of imidazole rings is 1. The van der Waals surface area contributed by atoms with E-state index in [4.69, 9.17) is 5.73 Å². The molecule has 0 unspecified atom stereocenters. The first-order valence-electron chi connectivity index (χ1n) is 5.41. The molecule has 1 aromatic carbocycles. The molecule has 4 heteroatoms. The number of nitrogens with two attached hydrogens (primary N) is 1. The number of hydrogen-bond acceptors (Lipinski definition) is 3. The van der Waals surface area contributed by atoms with Gasteiger partial charge < -0.3 is 10.1 Å². The fourth-order valence-electron chi connectivity index (χ4n) is 1.93. The minimum atomic E-state index is 0.494. The molecule has 3 rings (SSSR count). The third-order valence-electron chi connectivity index (χ3n) is 2.62. The van der Waals surface area contributed by atoms with Crippen molar-refractivity contribution in [2.45, 2.75) is 6.92 Å². The molecule has 0 radical (unpaired) electrons. The number of hydrogen-bond donors (Lipinski definition) is 1. The number of aromatic nitrogens is 3. The SMILES string of the molecule is Cc1cn2cc(N)nc(-c3ccccc3)c2n1. The highest BCUT2D eigenvalue weighted by Gasteiger charge is 2.09. The first-order chi connectivity index (χ1) is 8.24. The lowest BCUT2D eigenvalue weighted by Crippen LogP contribution is -1.98. The summed E-state index contributed by atoms with van der Waals surface area (Å²) in [6, 6.07) is 9.94. The van der Waals surface area contributed by atoms with Crippen molar-refractivity contribution < 1.29 is 0 Å². The monoisotopic (exact) mass is 224 g/mol. The van der Waals surface area contributed by atoms with Gasteiger partial charge in [-0.2, -0.15) is 0 Å². The average molecular weight is 224 g/mol. The summed E-state index contributed by atoms with van der Waals surface area (Å²) in [5.74, 6) is 0.494. The zero-order valence-corrected chi connectivity index (χ0v) is 9.46. The molecular weight excluding hydrogens is 212 g/mol. The van der Waals surface area contributed by atoms with Crippen LogP contribution in [0.3, 0.4) is 0 Å². The Morgan fingerprint density at radius 2 is 1.82 bits per heavy atom. The van der Waals surface area contributed by atoms with E-state index >= 15 is 0 Å². The maximum absolute atomic E-state index is 5.81. The van der Waals surface area contributed by atoms with E-state index < -0.39 is 0 Å². The maximum Gasteiger partial charge on any atom is 0.163 e. The number of benzene rings is 1. The van der Waals surface area contributed by atoms with Gasteiger partial charge in [0.2, 0.25) is 0 Å². The number of aryl methyl sites for hydroxylation is 1. The van der Waals surface area contributed by atoms with E-state index in [1.165, 1.54) is 0 Å². The normalized spacial score (nSPS) is 10.9. The second-order valence-electron chi connectivity index (χ2n) is 3.99. The lowest BCUT2D eigenvalue weighted by atomic mass is 10.1. The van der Waals surface area contributed by atoms with Gasteiger partial charge in [0, 0.05) is 11.8 Å². The molecule has 0 bridgehead atoms. The molecule has 0 fully saturated rings. The van der Waals surface area contributed by atoms with Crippen LogP contribution in [0.15, 0.2) is 42.7 Å². The van der Waals surface area contributed by atoms with Gasteiger partial charge in [0.15, 0.2) is 5.65 Å². The van der Waals surface area contributed by atoms with Crippen LogP contribution in [0.2, 0.25) is 0 Å². The van der Waals surface area contributed by atoms with Crippen LogP contribution in [0.4, 0.5) is 5.82 Å². The first kappa shape index (κ1) is 9.84. The molecule has 2 aromatic heterocycles. The van der Waals surface area contributed by atoms with Gasteiger partial charge in [-0.15, -0.1) is 0 Å². The molecule has 84 valence electrons. The first-order valence-corrected chi connectivity index (χ1v) is 5.41. The van der Waals surface area contributed by atoms with Crippen LogP contribution >= 0.6 is 0 Å². The zero-order valence-electron chi connectivity index (χ0n) is 9.46. The zero-order chi connectivity index (χ0) is 11.8. The molecular formula is C13H12N4. The van der Waals surface area contributed by atoms with Crippen molar-refractivity contribution in [2.24, 2.45) is 0 Å². The molecule has 2 heterocycles. The van der Waals surface area contributed by atoms with Gasteiger partial charge in [0.25, 0.3) is 0 Å². The van der Waals surface area contributed by atoms with Crippen molar-refractivity contribution in [3.05, 3.63) is 48.4 Å². The van der Waals surface area contributed by atoms with Crippen molar-refractivity contribution in [1.82, 2.24) is 14.4 Å². The summed E-state index contributed by atoms with van der Waals surface area (Å²) in [7, 11) is 0. The molecule has 0 atom stereocenters. The summed E-state index contributed by atoms with van der Waals surface area (Å²) >= 11 is 0. The van der Waals surface area contributed by atoms with Gasteiger partial charge in [-0.05, 0) is 6.92 Å². The highest BCUT2D eigenvalue weighted by molar-refractivity contribution is 5.75. The number of nitrogen functional groups attached to an aromatic ring is 1. The van der Waals surface area contributed by atoms with Crippen molar-refractivity contribution in [2.75, 3.05) is 5.73 Å². The molecule has 0 aliphatic heterocycles. The van der Waals surface area contributed by atoms with Crippen LogP contribution in [-0.2, 0) is 0 Å². The molecule has 0 amide bonds. The largest absolute Gasteiger partial charge is 0.382 e. The smallest absolute Gasteiger partial charge is 0.163 e. The molecule has 0 aliphatic carbocycles. The van der Waals surface area contributed by atoms with Crippen molar-refractivity contribution in [3.63, 3.8) is 0 Å². The quantitative estimate of drug-likeness (QED) is 0.690. The third-order valence-corrected chi connectivity index (χ3v) is 2.62. The summed E-state index contributed by atoms with van der Waals surface area (Å²) in [6.45, 7) is 1.96. The molecule has 0 spiro atoms. The highest BCUT2D eigenvalue weighted by Crippen LogP contribution is 2.22. The number of nitrogens with zero attached hydrogens (tertiary/aromatic N) is 3. The minimum absolute atomic E-state index is 0.494. The lowest BCUT2D eigenvalue weighted by Gasteiger charge is -2.04. The number of rotatable bonds is 1. The Morgan fingerprint density at radius 1 is 1.06 bits per heavy atom. The van der Waals surface area contributed by atoms with E-state index in [-0.39, 0.29) is 0 Å². The van der Waals surface area contributed by atoms with Gasteiger partial charge in [0.05, 0.1) is 11.9 Å². The van der Waals surface area contributed by atoms with Crippen LogP contribution in [0.5, 0.6) is 0 Å². The van der Waals surface area contributed by atoms with E-state index in [2.05, 4.69) is 9.97 Å². The fourth-order valence-corrected chi connectivity index (χ4v) is 1.93. The van der Waals surface area contributed by atoms with E-state index in [1.807, 2.05) is 47.9 Å². The minimum Gasteiger partial charge on any atom is -0.382 e. The molecule has 0 aliphatic rings. The van der Waals surface area contributed by atoms with Gasteiger partial charge >= 0.3 is 0 Å². The Morgan fingerprint density at radius 3 is 2.59 bits per heavy atom. The summed E-state index contributed by atoms with van der Waals surface area (Å²) in [6.07, 6.45) is 3.72. The second-order valence-corrected chi connectivity index (χ2v) is 3.99. The molecule has 2 N–H and O–H groups in total. The van der Waals surface area contributed by atoms with Gasteiger partial charge in [-0.3, -0.25) is 0 Å². The standard InChI is InChI=1S/C13H12N4/c1-9-7-17-8-11(14)16-12(13(17)15-9)10-5-3-2-4-6-10/h2-8H,14H2,1H3. The molecule has 17 heavy (non-hydrogen) atoms. The van der Waals surface area contributed by atoms with E-state index in [9.17, 15) is 0 Å². The van der Waals surface area contributed by atoms with Crippen molar-refractivity contribution in [1.29, 1.82) is 0 Å². The van der Waals surface area contributed by atoms with Gasteiger partial charge in [-0.1, -0.05) is 30.3 Å². The lowest BCUT2D eigenvalue weighted by molar-refractivity contribution is 1.14. The molecule has 0 saturated carbocycles. The summed E-state index contributed by atoms with van der Waals surface area (Å²) in [4.78, 5) is 8.85. The van der Waals surface area contributed by atoms with Crippen molar-refractivity contribution in [3.8, 4) is 11.3 Å². The van der Waals surface area contributed by atoms with E-state index in [0.29, 0.717) is 5.82 Å². The van der Waals surface area contributed by atoms with E-state index in [1.54, 1.807) is 6.20 Å². The van der Waals surface area contributed by atoms with Crippen LogP contribution in [0.25, 0.3) is 16.9 Å². The molecule has 4 nitrogen and oxygen atoms in total. The highest BCUT2D eigenvalue weighted by atomic mass is 15.0. The summed E-state index contributed by atoms with van der Waals surface area (Å²) < 4.78 is 1.92. The Labute approximate surface area is 98.8 Å². The third kappa shape index (κ3) is 1.63. The summed E-state index contributed by atoms with van der Waals surface area (Å²) in [5.41, 5.74) is 9.44. The number of anilines is 1. The maximum atomic E-state index is 5.81. The Bertz CT molecular complexity index is 670. The molecule has 0 saturated heterocycles. The topological polar surface area (TPSA) is 56.2 Å². The Balaban J connectivity index is 2.35. The van der Waals surface area contributed by atoms with Crippen LogP contribution in [0.1, 0.15) is 5.69 Å². The predicted molar refractivity (Wildman–Crippen MR) is 67.6 cm³/mol. The fraction of sp³-hybridized carbons (Fsp3) is 0.0769. The van der Waals surface area contributed by atoms with E-state index in [0.717, 1.165) is 22.6 Å². The van der Waals surface area contributed by atoms with Crippen LogP contribution < -0.4 is 5.73 Å². The summed E-state index contributed by atoms with van der Waals surface area (Å²) in [5, 5.41) is 0. The van der Waals surface area contributed by atoms with Gasteiger partial charge in [-0.25, -0.2) is 9.97 Å². The van der Waals surface area contributed by atoms with Crippen molar-refractivity contribution >= 4 is 11.5 Å². The molecule has 3 aromatic rings. The Hall–Kier alpha value is -2.36.